The summed E-state index contributed by atoms with van der Waals surface area (Å²) in [7, 11) is 0. The van der Waals surface area contributed by atoms with Gasteiger partial charge in [0, 0.05) is 5.92 Å². The van der Waals surface area contributed by atoms with Gasteiger partial charge in [0.2, 0.25) is 6.43 Å². The van der Waals surface area contributed by atoms with Crippen LogP contribution in [0, 0.1) is 29.1 Å². The second kappa shape index (κ2) is 10.1. The van der Waals surface area contributed by atoms with Crippen molar-refractivity contribution in [2.24, 2.45) is 29.1 Å². The highest BCUT2D eigenvalue weighted by atomic mass is 19.3. The van der Waals surface area contributed by atoms with Crippen LogP contribution in [-0.4, -0.2) is 42.2 Å². The normalized spacial score (nSPS) is 39.9. The predicted molar refractivity (Wildman–Crippen MR) is 128 cm³/mol. The lowest BCUT2D eigenvalue weighted by Gasteiger charge is -2.43. The number of likely N-dealkylation sites (tertiary alicyclic amines) is 1. The molecule has 1 heterocycles. The van der Waals surface area contributed by atoms with Crippen LogP contribution in [0.5, 0.6) is 0 Å². The number of nitrogens with zero attached hydrogens (tertiary/aromatic N) is 1. The molecule has 5 unspecified atom stereocenters. The minimum Gasteiger partial charge on any atom is -0.388 e. The van der Waals surface area contributed by atoms with E-state index in [4.69, 9.17) is 0 Å². The number of alkyl halides is 2. The molecule has 4 aliphatic rings. The fraction of sp³-hybridized carbons (Fsp3) is 0.786. The number of rotatable bonds is 5. The molecule has 0 aromatic rings. The van der Waals surface area contributed by atoms with Gasteiger partial charge in [-0.15, -0.1) is 0 Å². The number of aliphatic hydroxyl groups is 1. The van der Waals surface area contributed by atoms with E-state index in [2.05, 4.69) is 37.5 Å². The monoisotopic (exact) mass is 447 g/mol. The molecule has 1 N–H and O–H groups in total. The van der Waals surface area contributed by atoms with Crippen molar-refractivity contribution in [1.29, 1.82) is 0 Å². The first-order valence-electron chi connectivity index (χ1n) is 13.1. The van der Waals surface area contributed by atoms with E-state index >= 15 is 0 Å². The van der Waals surface area contributed by atoms with Crippen LogP contribution in [0.25, 0.3) is 0 Å². The zero-order chi connectivity index (χ0) is 22.9. The Hall–Kier alpha value is -1.00. The lowest BCUT2D eigenvalue weighted by atomic mass is 9.63. The molecular weight excluding hydrogens is 404 g/mol. The Morgan fingerprint density at radius 3 is 2.59 bits per heavy atom. The minimum absolute atomic E-state index is 0.307. The maximum absolute atomic E-state index is 12.9. The molecule has 4 fully saturated rings. The van der Waals surface area contributed by atoms with Crippen molar-refractivity contribution in [3.63, 3.8) is 0 Å². The van der Waals surface area contributed by atoms with Gasteiger partial charge in [-0.1, -0.05) is 38.2 Å². The van der Waals surface area contributed by atoms with Crippen LogP contribution in [-0.2, 0) is 0 Å². The number of halogens is 2. The third-order valence-electron chi connectivity index (χ3n) is 9.62. The Kier molecular flexibility index (Phi) is 7.61. The SMILES string of the molecule is C=C1/C(=C\C=C2/CCCC3(C)C(CCN4CCC(C(F)F)CC4)CCC23)CCC(C)C1O. The third-order valence-corrected chi connectivity index (χ3v) is 9.62. The van der Waals surface area contributed by atoms with Gasteiger partial charge in [-0.05, 0) is 118 Å². The minimum atomic E-state index is -2.15. The summed E-state index contributed by atoms with van der Waals surface area (Å²) in [5, 5.41) is 10.4. The Balaban J connectivity index is 1.36. The van der Waals surface area contributed by atoms with Gasteiger partial charge in [0.15, 0.2) is 0 Å². The van der Waals surface area contributed by atoms with E-state index in [1.807, 2.05) is 0 Å². The van der Waals surface area contributed by atoms with Crippen LogP contribution >= 0.6 is 0 Å². The topological polar surface area (TPSA) is 23.5 Å². The number of hydrogen-bond donors (Lipinski definition) is 1. The average Bonchev–Trinajstić information content (AvgIpc) is 3.12. The molecular formula is C28H43F2NO. The number of piperidine rings is 1. The van der Waals surface area contributed by atoms with Crippen LogP contribution in [0.2, 0.25) is 0 Å². The van der Waals surface area contributed by atoms with Crippen molar-refractivity contribution in [2.75, 3.05) is 19.6 Å². The molecule has 0 amide bonds. The highest BCUT2D eigenvalue weighted by molar-refractivity contribution is 5.38. The fourth-order valence-corrected chi connectivity index (χ4v) is 7.22. The first-order chi connectivity index (χ1) is 15.3. The van der Waals surface area contributed by atoms with Crippen molar-refractivity contribution in [3.8, 4) is 0 Å². The van der Waals surface area contributed by atoms with Gasteiger partial charge >= 0.3 is 0 Å². The Morgan fingerprint density at radius 1 is 1.12 bits per heavy atom. The standard InChI is InChI=1S/C28H43F2NO/c1-19-6-7-21(20(2)26(19)32)8-9-22-5-4-15-28(3)24(10-11-25(22)28)14-18-31-16-12-23(13-17-31)27(29)30/h8-9,19,23-27,32H,2,4-7,10-18H2,1,3H3/b21-8-,22-9+. The number of hydrogen-bond acceptors (Lipinski definition) is 2. The average molecular weight is 448 g/mol. The molecule has 4 heteroatoms. The lowest BCUT2D eigenvalue weighted by molar-refractivity contribution is 0.0315. The first-order valence-corrected chi connectivity index (χ1v) is 13.1. The number of fused-ring (bicyclic) bond motifs is 1. The molecule has 32 heavy (non-hydrogen) atoms. The van der Waals surface area contributed by atoms with E-state index in [-0.39, 0.29) is 5.92 Å². The van der Waals surface area contributed by atoms with Crippen LogP contribution < -0.4 is 0 Å². The summed E-state index contributed by atoms with van der Waals surface area (Å²) in [6.45, 7) is 11.6. The van der Waals surface area contributed by atoms with Gasteiger partial charge in [-0.2, -0.15) is 0 Å². The molecule has 0 bridgehead atoms. The maximum Gasteiger partial charge on any atom is 0.241 e. The molecule has 2 nitrogen and oxygen atoms in total. The second-order valence-corrected chi connectivity index (χ2v) is 11.4. The molecule has 4 rings (SSSR count). The fourth-order valence-electron chi connectivity index (χ4n) is 7.22. The highest BCUT2D eigenvalue weighted by Gasteiger charge is 2.48. The van der Waals surface area contributed by atoms with Gasteiger partial charge in [0.25, 0.3) is 0 Å². The first kappa shape index (κ1) is 24.1. The quantitative estimate of drug-likeness (QED) is 0.503. The van der Waals surface area contributed by atoms with E-state index in [0.29, 0.717) is 30.1 Å². The van der Waals surface area contributed by atoms with E-state index < -0.39 is 12.5 Å². The van der Waals surface area contributed by atoms with Crippen molar-refractivity contribution in [1.82, 2.24) is 4.90 Å². The Morgan fingerprint density at radius 2 is 1.88 bits per heavy atom. The van der Waals surface area contributed by atoms with Crippen LogP contribution in [0.3, 0.4) is 0 Å². The van der Waals surface area contributed by atoms with E-state index in [0.717, 1.165) is 44.0 Å². The van der Waals surface area contributed by atoms with E-state index in [1.165, 1.54) is 44.1 Å². The van der Waals surface area contributed by atoms with Crippen molar-refractivity contribution >= 4 is 0 Å². The van der Waals surface area contributed by atoms with Crippen LogP contribution in [0.4, 0.5) is 8.78 Å². The summed E-state index contributed by atoms with van der Waals surface area (Å²) in [4.78, 5) is 2.43. The predicted octanol–water partition coefficient (Wildman–Crippen LogP) is 6.77. The summed E-state index contributed by atoms with van der Waals surface area (Å²) in [5.74, 6) is 1.33. The highest BCUT2D eigenvalue weighted by Crippen LogP contribution is 2.58. The number of allylic oxidation sites excluding steroid dienone is 3. The van der Waals surface area contributed by atoms with E-state index in [9.17, 15) is 13.9 Å². The van der Waals surface area contributed by atoms with Crippen molar-refractivity contribution in [3.05, 3.63) is 35.5 Å². The molecule has 1 aliphatic heterocycles. The Labute approximate surface area is 193 Å². The summed E-state index contributed by atoms with van der Waals surface area (Å²) in [6.07, 6.45) is 13.0. The van der Waals surface area contributed by atoms with Crippen LogP contribution in [0.1, 0.15) is 78.1 Å². The van der Waals surface area contributed by atoms with Gasteiger partial charge in [-0.3, -0.25) is 0 Å². The third kappa shape index (κ3) is 4.92. The molecule has 1 saturated heterocycles. The zero-order valence-corrected chi connectivity index (χ0v) is 20.2. The smallest absolute Gasteiger partial charge is 0.241 e. The summed E-state index contributed by atoms with van der Waals surface area (Å²) < 4.78 is 25.9. The van der Waals surface area contributed by atoms with Crippen molar-refractivity contribution < 1.29 is 13.9 Å². The molecule has 180 valence electrons. The van der Waals surface area contributed by atoms with Gasteiger partial charge < -0.3 is 10.0 Å². The number of aliphatic hydroxyl groups excluding tert-OH is 1. The van der Waals surface area contributed by atoms with Gasteiger partial charge in [-0.25, -0.2) is 8.78 Å². The Bertz CT molecular complexity index is 736. The molecule has 3 saturated carbocycles. The maximum atomic E-state index is 12.9. The largest absolute Gasteiger partial charge is 0.388 e. The van der Waals surface area contributed by atoms with Crippen molar-refractivity contribution in [2.45, 2.75) is 90.6 Å². The zero-order valence-electron chi connectivity index (χ0n) is 20.2. The summed E-state index contributed by atoms with van der Waals surface area (Å²) in [5.41, 5.74) is 4.13. The summed E-state index contributed by atoms with van der Waals surface area (Å²) in [6, 6.07) is 0. The molecule has 0 radical (unpaired) electrons. The molecule has 0 aromatic heterocycles. The molecule has 5 atom stereocenters. The second-order valence-electron chi connectivity index (χ2n) is 11.4. The van der Waals surface area contributed by atoms with Gasteiger partial charge in [0.05, 0.1) is 6.10 Å². The van der Waals surface area contributed by atoms with E-state index in [1.54, 1.807) is 5.57 Å². The molecule has 0 aromatic carbocycles. The summed E-state index contributed by atoms with van der Waals surface area (Å²) >= 11 is 0. The van der Waals surface area contributed by atoms with Crippen LogP contribution in [0.15, 0.2) is 35.5 Å². The molecule has 0 spiro atoms. The van der Waals surface area contributed by atoms with Gasteiger partial charge in [0.1, 0.15) is 0 Å². The lowest BCUT2D eigenvalue weighted by Crippen LogP contribution is -2.39. The molecule has 3 aliphatic carbocycles.